The number of aromatic nitrogens is 1. The van der Waals surface area contributed by atoms with E-state index in [9.17, 15) is 9.59 Å². The standard InChI is InChI=1S/C17H21N3O4/c1-11(2)8-9-23-14-6-4-13(5-7-14)16(21)18-19-17(22)15-10-12(3)20-24-15/h4-7,10-11H,8-9H2,1-3H3,(H,18,21)(H,19,22). The van der Waals surface area contributed by atoms with E-state index in [1.807, 2.05) is 0 Å². The summed E-state index contributed by atoms with van der Waals surface area (Å²) in [4.78, 5) is 23.7. The summed E-state index contributed by atoms with van der Waals surface area (Å²) in [6.45, 7) is 6.59. The van der Waals surface area contributed by atoms with Crippen LogP contribution in [0.4, 0.5) is 0 Å². The first-order valence-corrected chi connectivity index (χ1v) is 7.72. The first-order chi connectivity index (χ1) is 11.5. The van der Waals surface area contributed by atoms with Crippen molar-refractivity contribution in [2.24, 2.45) is 5.92 Å². The molecule has 0 aliphatic carbocycles. The molecule has 0 bridgehead atoms. The van der Waals surface area contributed by atoms with Crippen LogP contribution in [0.2, 0.25) is 0 Å². The number of ether oxygens (including phenoxy) is 1. The van der Waals surface area contributed by atoms with Crippen molar-refractivity contribution in [3.63, 3.8) is 0 Å². The van der Waals surface area contributed by atoms with Gasteiger partial charge in [-0.1, -0.05) is 19.0 Å². The number of nitrogens with one attached hydrogen (secondary N) is 2. The molecule has 0 fully saturated rings. The van der Waals surface area contributed by atoms with Crippen LogP contribution in [0.1, 0.15) is 46.9 Å². The second-order valence-corrected chi connectivity index (χ2v) is 5.80. The highest BCUT2D eigenvalue weighted by Gasteiger charge is 2.13. The molecular formula is C17H21N3O4. The first-order valence-electron chi connectivity index (χ1n) is 7.72. The molecule has 0 unspecified atom stereocenters. The van der Waals surface area contributed by atoms with Crippen molar-refractivity contribution < 1.29 is 18.8 Å². The van der Waals surface area contributed by atoms with E-state index in [0.29, 0.717) is 29.5 Å². The Bertz CT molecular complexity index is 692. The number of hydrazine groups is 1. The molecule has 0 aliphatic rings. The van der Waals surface area contributed by atoms with Crippen LogP contribution in [0.25, 0.3) is 0 Å². The van der Waals surface area contributed by atoms with Crippen molar-refractivity contribution in [2.75, 3.05) is 6.61 Å². The van der Waals surface area contributed by atoms with E-state index < -0.39 is 11.8 Å². The third-order valence-corrected chi connectivity index (χ3v) is 3.22. The van der Waals surface area contributed by atoms with Crippen LogP contribution >= 0.6 is 0 Å². The van der Waals surface area contributed by atoms with Crippen molar-refractivity contribution in [1.82, 2.24) is 16.0 Å². The number of rotatable bonds is 6. The highest BCUT2D eigenvalue weighted by Crippen LogP contribution is 2.13. The largest absolute Gasteiger partial charge is 0.494 e. The van der Waals surface area contributed by atoms with E-state index in [2.05, 4.69) is 29.9 Å². The Morgan fingerprint density at radius 1 is 1.17 bits per heavy atom. The summed E-state index contributed by atoms with van der Waals surface area (Å²) in [6.07, 6.45) is 0.968. The predicted octanol–water partition coefficient (Wildman–Crippen LogP) is 2.48. The second kappa shape index (κ2) is 8.14. The summed E-state index contributed by atoms with van der Waals surface area (Å²) in [5.41, 5.74) is 5.57. The maximum atomic E-state index is 12.0. The van der Waals surface area contributed by atoms with Crippen LogP contribution in [0.5, 0.6) is 5.75 Å². The molecule has 0 saturated heterocycles. The van der Waals surface area contributed by atoms with Crippen LogP contribution in [-0.2, 0) is 0 Å². The van der Waals surface area contributed by atoms with Gasteiger partial charge in [0.25, 0.3) is 5.91 Å². The fourth-order valence-corrected chi connectivity index (χ4v) is 1.83. The van der Waals surface area contributed by atoms with Gasteiger partial charge in [-0.15, -0.1) is 0 Å². The number of carbonyl (C=O) groups excluding carboxylic acids is 2. The van der Waals surface area contributed by atoms with Crippen molar-refractivity contribution >= 4 is 11.8 Å². The van der Waals surface area contributed by atoms with E-state index >= 15 is 0 Å². The zero-order chi connectivity index (χ0) is 17.5. The van der Waals surface area contributed by atoms with Crippen molar-refractivity contribution in [1.29, 1.82) is 0 Å². The molecule has 1 aromatic heterocycles. The van der Waals surface area contributed by atoms with Gasteiger partial charge in [0.15, 0.2) is 0 Å². The second-order valence-electron chi connectivity index (χ2n) is 5.80. The topological polar surface area (TPSA) is 93.5 Å². The van der Waals surface area contributed by atoms with E-state index in [1.54, 1.807) is 31.2 Å². The molecule has 2 amide bonds. The van der Waals surface area contributed by atoms with E-state index in [0.717, 1.165) is 6.42 Å². The Morgan fingerprint density at radius 3 is 2.42 bits per heavy atom. The van der Waals surface area contributed by atoms with Crippen LogP contribution in [0.3, 0.4) is 0 Å². The lowest BCUT2D eigenvalue weighted by molar-refractivity contribution is 0.0825. The lowest BCUT2D eigenvalue weighted by Crippen LogP contribution is -2.41. The molecule has 0 saturated carbocycles. The van der Waals surface area contributed by atoms with Crippen molar-refractivity contribution in [2.45, 2.75) is 27.2 Å². The number of hydrogen-bond acceptors (Lipinski definition) is 5. The summed E-state index contributed by atoms with van der Waals surface area (Å²) in [7, 11) is 0. The SMILES string of the molecule is Cc1cc(C(=O)NNC(=O)c2ccc(OCCC(C)C)cc2)on1. The molecule has 7 nitrogen and oxygen atoms in total. The van der Waals surface area contributed by atoms with Crippen LogP contribution < -0.4 is 15.6 Å². The van der Waals surface area contributed by atoms with Crippen LogP contribution in [0, 0.1) is 12.8 Å². The highest BCUT2D eigenvalue weighted by molar-refractivity contribution is 5.97. The molecular weight excluding hydrogens is 310 g/mol. The third kappa shape index (κ3) is 5.12. The lowest BCUT2D eigenvalue weighted by atomic mass is 10.1. The smallest absolute Gasteiger partial charge is 0.308 e. The van der Waals surface area contributed by atoms with E-state index in [1.165, 1.54) is 6.07 Å². The fraction of sp³-hybridized carbons (Fsp3) is 0.353. The Kier molecular flexibility index (Phi) is 5.95. The monoisotopic (exact) mass is 331 g/mol. The average molecular weight is 331 g/mol. The Labute approximate surface area is 140 Å². The van der Waals surface area contributed by atoms with Crippen molar-refractivity contribution in [3.8, 4) is 5.75 Å². The molecule has 2 aromatic rings. The minimum absolute atomic E-state index is 0.0294. The summed E-state index contributed by atoms with van der Waals surface area (Å²) in [6, 6.07) is 8.17. The predicted molar refractivity (Wildman–Crippen MR) is 87.6 cm³/mol. The molecule has 0 aliphatic heterocycles. The van der Waals surface area contributed by atoms with Gasteiger partial charge < -0.3 is 9.26 Å². The molecule has 24 heavy (non-hydrogen) atoms. The molecule has 0 atom stereocenters. The zero-order valence-electron chi connectivity index (χ0n) is 14.0. The summed E-state index contributed by atoms with van der Waals surface area (Å²) >= 11 is 0. The van der Waals surface area contributed by atoms with Gasteiger partial charge >= 0.3 is 5.91 Å². The maximum Gasteiger partial charge on any atom is 0.308 e. The number of aryl methyl sites for hydroxylation is 1. The van der Waals surface area contributed by atoms with Gasteiger partial charge in [0.1, 0.15) is 5.75 Å². The Hall–Kier alpha value is -2.83. The minimum atomic E-state index is -0.572. The van der Waals surface area contributed by atoms with Gasteiger partial charge in [-0.05, 0) is 43.5 Å². The molecule has 128 valence electrons. The van der Waals surface area contributed by atoms with Gasteiger partial charge in [-0.3, -0.25) is 20.4 Å². The number of amides is 2. The normalized spacial score (nSPS) is 10.5. The third-order valence-electron chi connectivity index (χ3n) is 3.22. The van der Waals surface area contributed by atoms with Gasteiger partial charge in [0.2, 0.25) is 5.76 Å². The molecule has 1 aromatic carbocycles. The van der Waals surface area contributed by atoms with Gasteiger partial charge in [-0.2, -0.15) is 0 Å². The molecule has 7 heteroatoms. The highest BCUT2D eigenvalue weighted by atomic mass is 16.5. The maximum absolute atomic E-state index is 12.0. The number of carbonyl (C=O) groups is 2. The van der Waals surface area contributed by atoms with E-state index in [-0.39, 0.29) is 5.76 Å². The quantitative estimate of drug-likeness (QED) is 0.793. The van der Waals surface area contributed by atoms with Gasteiger partial charge in [-0.25, -0.2) is 0 Å². The summed E-state index contributed by atoms with van der Waals surface area (Å²) < 4.78 is 10.4. The number of hydrogen-bond donors (Lipinski definition) is 2. The zero-order valence-corrected chi connectivity index (χ0v) is 14.0. The Balaban J connectivity index is 1.82. The van der Waals surface area contributed by atoms with Gasteiger partial charge in [0.05, 0.1) is 12.3 Å². The molecule has 0 spiro atoms. The summed E-state index contributed by atoms with van der Waals surface area (Å²) in [5, 5.41) is 3.61. The fourth-order valence-electron chi connectivity index (χ4n) is 1.83. The minimum Gasteiger partial charge on any atom is -0.494 e. The van der Waals surface area contributed by atoms with E-state index in [4.69, 9.17) is 9.26 Å². The average Bonchev–Trinajstić information content (AvgIpc) is 2.99. The Morgan fingerprint density at radius 2 is 1.83 bits per heavy atom. The molecule has 1 heterocycles. The van der Waals surface area contributed by atoms with Crippen LogP contribution in [0.15, 0.2) is 34.9 Å². The number of benzene rings is 1. The van der Waals surface area contributed by atoms with Gasteiger partial charge in [0, 0.05) is 11.6 Å². The van der Waals surface area contributed by atoms with Crippen LogP contribution in [-0.4, -0.2) is 23.6 Å². The summed E-state index contributed by atoms with van der Waals surface area (Å²) in [5.74, 6) is 0.299. The number of nitrogens with zero attached hydrogens (tertiary/aromatic N) is 1. The molecule has 2 rings (SSSR count). The molecule has 2 N–H and O–H groups in total. The van der Waals surface area contributed by atoms with Crippen molar-refractivity contribution in [3.05, 3.63) is 47.3 Å². The molecule has 0 radical (unpaired) electrons. The lowest BCUT2D eigenvalue weighted by Gasteiger charge is -2.09. The first kappa shape index (κ1) is 17.5.